The molecule has 0 radical (unpaired) electrons. The second-order valence-corrected chi connectivity index (χ2v) is 3.63. The van der Waals surface area contributed by atoms with Crippen molar-refractivity contribution in [2.45, 2.75) is 44.3 Å². The van der Waals surface area contributed by atoms with E-state index in [-0.39, 0.29) is 6.42 Å². The topological polar surface area (TPSA) is 66.4 Å². The van der Waals surface area contributed by atoms with Crippen molar-refractivity contribution in [3.8, 4) is 0 Å². The number of carbonyl (C=O) groups excluding carboxylic acids is 1. The first kappa shape index (κ1) is 16.6. The summed E-state index contributed by atoms with van der Waals surface area (Å²) in [6.07, 6.45) is -6.40. The van der Waals surface area contributed by atoms with Crippen LogP contribution in [0.2, 0.25) is 0 Å². The number of nitrogens with one attached hydrogen (secondary N) is 1. The first-order valence-electron chi connectivity index (χ1n) is 4.99. The molecule has 0 bridgehead atoms. The lowest BCUT2D eigenvalue weighted by Gasteiger charge is -2.22. The Morgan fingerprint density at radius 1 is 1.22 bits per heavy atom. The average Bonchev–Trinajstić information content (AvgIpc) is 2.14. The molecule has 0 rings (SSSR count). The van der Waals surface area contributed by atoms with Crippen LogP contribution in [-0.2, 0) is 9.59 Å². The molecule has 1 unspecified atom stereocenters. The first-order valence-corrected chi connectivity index (χ1v) is 4.99. The molecule has 4 nitrogen and oxygen atoms in total. The molecule has 0 heterocycles. The molecule has 0 fully saturated rings. The molecule has 0 saturated heterocycles. The molecule has 9 heteroatoms. The van der Waals surface area contributed by atoms with Crippen molar-refractivity contribution >= 4 is 11.9 Å². The van der Waals surface area contributed by atoms with Crippen LogP contribution in [0.15, 0.2) is 0 Å². The third kappa shape index (κ3) is 4.46. The van der Waals surface area contributed by atoms with E-state index < -0.39 is 36.4 Å². The zero-order chi connectivity index (χ0) is 14.6. The van der Waals surface area contributed by atoms with Gasteiger partial charge in [-0.2, -0.15) is 22.0 Å². The van der Waals surface area contributed by atoms with Crippen molar-refractivity contribution in [3.63, 3.8) is 0 Å². The average molecular weight is 277 g/mol. The van der Waals surface area contributed by atoms with Crippen LogP contribution < -0.4 is 5.32 Å². The molecule has 0 aliphatic heterocycles. The van der Waals surface area contributed by atoms with Crippen LogP contribution in [0.3, 0.4) is 0 Å². The quantitative estimate of drug-likeness (QED) is 0.729. The van der Waals surface area contributed by atoms with Crippen molar-refractivity contribution in [3.05, 3.63) is 0 Å². The summed E-state index contributed by atoms with van der Waals surface area (Å²) in [5, 5.41) is 9.83. The van der Waals surface area contributed by atoms with Crippen LogP contribution in [0.4, 0.5) is 22.0 Å². The molecule has 2 N–H and O–H groups in total. The Balaban J connectivity index is 4.74. The van der Waals surface area contributed by atoms with E-state index in [1.54, 1.807) is 6.92 Å². The van der Waals surface area contributed by atoms with Gasteiger partial charge in [-0.05, 0) is 6.42 Å². The summed E-state index contributed by atoms with van der Waals surface area (Å²) in [6.45, 7) is 1.57. The number of halogens is 5. The summed E-state index contributed by atoms with van der Waals surface area (Å²) >= 11 is 0. The van der Waals surface area contributed by atoms with Gasteiger partial charge >= 0.3 is 24.0 Å². The Bertz CT molecular complexity index is 316. The van der Waals surface area contributed by atoms with Crippen molar-refractivity contribution < 1.29 is 36.6 Å². The zero-order valence-corrected chi connectivity index (χ0v) is 9.35. The highest BCUT2D eigenvalue weighted by Crippen LogP contribution is 2.35. The van der Waals surface area contributed by atoms with Gasteiger partial charge in [0.15, 0.2) is 0 Å². The zero-order valence-electron chi connectivity index (χ0n) is 9.35. The highest BCUT2D eigenvalue weighted by atomic mass is 19.4. The SMILES string of the molecule is CCCC(CC(=O)O)NC(=O)C(F)(F)C(F)(F)F. The van der Waals surface area contributed by atoms with Gasteiger partial charge in [-0.3, -0.25) is 9.59 Å². The number of hydrogen-bond donors (Lipinski definition) is 2. The molecule has 0 aromatic heterocycles. The molecule has 1 amide bonds. The Kier molecular flexibility index (Phi) is 5.50. The monoisotopic (exact) mass is 277 g/mol. The second-order valence-electron chi connectivity index (χ2n) is 3.63. The molecule has 0 aromatic carbocycles. The molecule has 106 valence electrons. The number of aliphatic carboxylic acids is 1. The molecule has 0 aliphatic rings. The van der Waals surface area contributed by atoms with Crippen LogP contribution in [-0.4, -0.2) is 35.1 Å². The fourth-order valence-electron chi connectivity index (χ4n) is 1.19. The molecular weight excluding hydrogens is 265 g/mol. The van der Waals surface area contributed by atoms with Gasteiger partial charge in [0, 0.05) is 6.04 Å². The van der Waals surface area contributed by atoms with Crippen LogP contribution in [0, 0.1) is 0 Å². The summed E-state index contributed by atoms with van der Waals surface area (Å²) in [6, 6.07) is -1.26. The molecule has 0 spiro atoms. The molecule has 1 atom stereocenters. The number of hydrogen-bond acceptors (Lipinski definition) is 2. The van der Waals surface area contributed by atoms with E-state index in [1.807, 2.05) is 0 Å². The minimum atomic E-state index is -6.00. The highest BCUT2D eigenvalue weighted by molar-refractivity contribution is 5.85. The van der Waals surface area contributed by atoms with Gasteiger partial charge in [-0.15, -0.1) is 0 Å². The lowest BCUT2D eigenvalue weighted by atomic mass is 10.1. The smallest absolute Gasteiger partial charge is 0.463 e. The maximum atomic E-state index is 12.6. The summed E-state index contributed by atoms with van der Waals surface area (Å²) in [5.41, 5.74) is 0. The lowest BCUT2D eigenvalue weighted by molar-refractivity contribution is -0.270. The van der Waals surface area contributed by atoms with E-state index >= 15 is 0 Å². The summed E-state index contributed by atoms with van der Waals surface area (Å²) in [5.74, 6) is -9.46. The van der Waals surface area contributed by atoms with Crippen molar-refractivity contribution in [2.75, 3.05) is 0 Å². The first-order chi connectivity index (χ1) is 8.02. The van der Waals surface area contributed by atoms with Crippen LogP contribution in [0.25, 0.3) is 0 Å². The fourth-order valence-corrected chi connectivity index (χ4v) is 1.19. The van der Waals surface area contributed by atoms with Crippen molar-refractivity contribution in [1.82, 2.24) is 5.32 Å². The Labute approximate surface area is 99.2 Å². The number of carboxylic acids is 1. The van der Waals surface area contributed by atoms with E-state index in [4.69, 9.17) is 5.11 Å². The summed E-state index contributed by atoms with van der Waals surface area (Å²) in [4.78, 5) is 21.2. The Morgan fingerprint density at radius 3 is 2.06 bits per heavy atom. The van der Waals surface area contributed by atoms with Crippen LogP contribution in [0.5, 0.6) is 0 Å². The standard InChI is InChI=1S/C9H12F5NO3/c1-2-3-5(4-6(16)17)15-7(18)8(10,11)9(12,13)14/h5H,2-4H2,1H3,(H,15,18)(H,16,17). The Hall–Kier alpha value is -1.41. The van der Waals surface area contributed by atoms with Gasteiger partial charge in [0.1, 0.15) is 0 Å². The molecule has 0 aromatic rings. The normalized spacial score (nSPS) is 14.1. The van der Waals surface area contributed by atoms with Gasteiger partial charge < -0.3 is 10.4 Å². The van der Waals surface area contributed by atoms with Gasteiger partial charge in [0.25, 0.3) is 0 Å². The maximum absolute atomic E-state index is 12.6. The van der Waals surface area contributed by atoms with Crippen molar-refractivity contribution in [2.24, 2.45) is 0 Å². The van der Waals surface area contributed by atoms with E-state index in [9.17, 15) is 31.5 Å². The van der Waals surface area contributed by atoms with Gasteiger partial charge in [-0.1, -0.05) is 13.3 Å². The second kappa shape index (κ2) is 5.96. The predicted molar refractivity (Wildman–Crippen MR) is 50.1 cm³/mol. The van der Waals surface area contributed by atoms with Crippen LogP contribution in [0.1, 0.15) is 26.2 Å². The fraction of sp³-hybridized carbons (Fsp3) is 0.778. The molecule has 0 saturated carbocycles. The Morgan fingerprint density at radius 2 is 1.72 bits per heavy atom. The predicted octanol–water partition coefficient (Wildman–Crippen LogP) is 1.94. The minimum Gasteiger partial charge on any atom is -0.481 e. The summed E-state index contributed by atoms with van der Waals surface area (Å²) < 4.78 is 60.7. The van der Waals surface area contributed by atoms with E-state index in [0.29, 0.717) is 6.42 Å². The third-order valence-electron chi connectivity index (χ3n) is 2.03. The third-order valence-corrected chi connectivity index (χ3v) is 2.03. The number of amides is 1. The van der Waals surface area contributed by atoms with Gasteiger partial charge in [0.2, 0.25) is 0 Å². The number of carbonyl (C=O) groups is 2. The number of alkyl halides is 5. The van der Waals surface area contributed by atoms with Gasteiger partial charge in [0.05, 0.1) is 6.42 Å². The lowest BCUT2D eigenvalue weighted by Crippen LogP contribution is -2.53. The van der Waals surface area contributed by atoms with E-state index in [0.717, 1.165) is 0 Å². The van der Waals surface area contributed by atoms with Crippen molar-refractivity contribution in [1.29, 1.82) is 0 Å². The summed E-state index contributed by atoms with van der Waals surface area (Å²) in [7, 11) is 0. The molecule has 0 aliphatic carbocycles. The van der Waals surface area contributed by atoms with Crippen LogP contribution >= 0.6 is 0 Å². The largest absolute Gasteiger partial charge is 0.481 e. The highest BCUT2D eigenvalue weighted by Gasteiger charge is 2.63. The minimum absolute atomic E-state index is 0.00796. The molecular formula is C9H12F5NO3. The number of rotatable bonds is 6. The number of carboxylic acid groups (broad SMARTS) is 1. The molecule has 18 heavy (non-hydrogen) atoms. The van der Waals surface area contributed by atoms with Gasteiger partial charge in [-0.25, -0.2) is 0 Å². The van der Waals surface area contributed by atoms with E-state index in [1.165, 1.54) is 5.32 Å². The van der Waals surface area contributed by atoms with E-state index in [2.05, 4.69) is 0 Å². The maximum Gasteiger partial charge on any atom is 0.463 e.